The molecule has 0 bridgehead atoms. The van der Waals surface area contributed by atoms with E-state index in [4.69, 9.17) is 0 Å². The Morgan fingerprint density at radius 3 is 2.73 bits per heavy atom. The lowest BCUT2D eigenvalue weighted by Crippen LogP contribution is -2.52. The van der Waals surface area contributed by atoms with Crippen molar-refractivity contribution >= 4 is 0 Å². The summed E-state index contributed by atoms with van der Waals surface area (Å²) in [6, 6.07) is 0. The maximum Gasteiger partial charge on any atom is 0.198 e. The normalized spacial score (nSPS) is 53.1. The van der Waals surface area contributed by atoms with Gasteiger partial charge in [0.2, 0.25) is 0 Å². The van der Waals surface area contributed by atoms with Crippen molar-refractivity contribution in [2.24, 2.45) is 34.5 Å². The van der Waals surface area contributed by atoms with Crippen molar-refractivity contribution in [2.75, 3.05) is 6.54 Å². The maximum atomic E-state index is 14.6. The highest BCUT2D eigenvalue weighted by Crippen LogP contribution is 2.65. The standard InChI is InChI=1S/C23H34FNO/c1-22-12-4-3-5-15(22)6-7-16-17-8-9-20(23(17,2)13-10-18(16)22)25-14-11-19(26)21(25)24/h4,9,12,15-19,21,26H,3,5-8,10-11,13-14H2,1-2H3/t15?,16-,17-,18+,19?,21?,22-,23-/m0/s1. The minimum atomic E-state index is -1.20. The Bertz CT molecular complexity index is 644. The number of likely N-dealkylation sites (tertiary alicyclic amines) is 1. The molecule has 4 aliphatic carbocycles. The lowest BCUT2D eigenvalue weighted by Gasteiger charge is -2.59. The molecule has 0 aromatic heterocycles. The van der Waals surface area contributed by atoms with Gasteiger partial charge in [0.1, 0.15) is 6.10 Å². The molecular formula is C23H34FNO. The van der Waals surface area contributed by atoms with E-state index in [9.17, 15) is 9.50 Å². The fourth-order valence-electron chi connectivity index (χ4n) is 7.80. The summed E-state index contributed by atoms with van der Waals surface area (Å²) in [6.45, 7) is 5.60. The van der Waals surface area contributed by atoms with E-state index in [0.29, 0.717) is 24.3 Å². The topological polar surface area (TPSA) is 23.5 Å². The molecule has 3 fully saturated rings. The van der Waals surface area contributed by atoms with Crippen LogP contribution in [0.15, 0.2) is 23.9 Å². The smallest absolute Gasteiger partial charge is 0.198 e. The Hall–Kier alpha value is -0.830. The molecule has 0 aromatic carbocycles. The monoisotopic (exact) mass is 359 g/mol. The molecule has 2 saturated carbocycles. The second-order valence-corrected chi connectivity index (χ2v) is 10.2. The van der Waals surface area contributed by atoms with Crippen LogP contribution in [0.25, 0.3) is 0 Å². The molecule has 3 unspecified atom stereocenters. The quantitative estimate of drug-likeness (QED) is 0.523. The number of nitrogens with zero attached hydrogens (tertiary/aromatic N) is 1. The van der Waals surface area contributed by atoms with Gasteiger partial charge in [0.25, 0.3) is 0 Å². The summed E-state index contributed by atoms with van der Waals surface area (Å²) < 4.78 is 14.6. The van der Waals surface area contributed by atoms with E-state index >= 15 is 0 Å². The Kier molecular flexibility index (Phi) is 3.88. The summed E-state index contributed by atoms with van der Waals surface area (Å²) in [5, 5.41) is 9.91. The molecule has 1 aliphatic heterocycles. The highest BCUT2D eigenvalue weighted by atomic mass is 19.1. The van der Waals surface area contributed by atoms with E-state index in [-0.39, 0.29) is 5.41 Å². The van der Waals surface area contributed by atoms with Gasteiger partial charge in [-0.25, -0.2) is 4.39 Å². The Morgan fingerprint density at radius 2 is 1.96 bits per heavy atom. The third-order valence-corrected chi connectivity index (χ3v) is 9.25. The molecule has 2 nitrogen and oxygen atoms in total. The van der Waals surface area contributed by atoms with E-state index in [2.05, 4.69) is 32.1 Å². The number of hydrogen-bond donors (Lipinski definition) is 1. The first-order chi connectivity index (χ1) is 12.4. The molecule has 1 saturated heterocycles. The molecule has 0 radical (unpaired) electrons. The third-order valence-electron chi connectivity index (χ3n) is 9.25. The number of aliphatic hydroxyl groups excluding tert-OH is 1. The molecule has 0 aromatic rings. The average molecular weight is 360 g/mol. The van der Waals surface area contributed by atoms with Crippen molar-refractivity contribution in [3.05, 3.63) is 23.9 Å². The molecule has 26 heavy (non-hydrogen) atoms. The summed E-state index contributed by atoms with van der Waals surface area (Å²) in [5.41, 5.74) is 1.71. The van der Waals surface area contributed by atoms with E-state index in [1.54, 1.807) is 0 Å². The van der Waals surface area contributed by atoms with Crippen molar-refractivity contribution in [1.29, 1.82) is 0 Å². The zero-order valence-corrected chi connectivity index (χ0v) is 16.3. The summed E-state index contributed by atoms with van der Waals surface area (Å²) in [7, 11) is 0. The van der Waals surface area contributed by atoms with Crippen LogP contribution in [0.1, 0.15) is 65.2 Å². The van der Waals surface area contributed by atoms with Crippen LogP contribution in [-0.4, -0.2) is 29.0 Å². The van der Waals surface area contributed by atoms with Crippen LogP contribution in [-0.2, 0) is 0 Å². The van der Waals surface area contributed by atoms with Crippen molar-refractivity contribution < 1.29 is 9.50 Å². The SMILES string of the molecule is C[C@]12C=CCCC1CC[C@@H]1[C@H]2CC[C@]2(C)C(N3CCC(O)C3F)=CC[C@@H]12. The Morgan fingerprint density at radius 1 is 1.12 bits per heavy atom. The van der Waals surface area contributed by atoms with Gasteiger partial charge in [-0.15, -0.1) is 0 Å². The van der Waals surface area contributed by atoms with Gasteiger partial charge in [-0.05, 0) is 80.5 Å². The maximum absolute atomic E-state index is 14.6. The second kappa shape index (κ2) is 5.83. The molecule has 1 heterocycles. The van der Waals surface area contributed by atoms with Crippen LogP contribution >= 0.6 is 0 Å². The van der Waals surface area contributed by atoms with Crippen LogP contribution in [0.5, 0.6) is 0 Å². The second-order valence-electron chi connectivity index (χ2n) is 10.2. The highest BCUT2D eigenvalue weighted by molar-refractivity contribution is 5.27. The van der Waals surface area contributed by atoms with Gasteiger partial charge in [-0.1, -0.05) is 32.1 Å². The van der Waals surface area contributed by atoms with Crippen molar-refractivity contribution in [1.82, 2.24) is 4.90 Å². The van der Waals surface area contributed by atoms with Gasteiger partial charge < -0.3 is 10.0 Å². The molecule has 8 atom stereocenters. The van der Waals surface area contributed by atoms with Crippen LogP contribution in [0, 0.1) is 34.5 Å². The predicted octanol–water partition coefficient (Wildman–Crippen LogP) is 5.05. The summed E-state index contributed by atoms with van der Waals surface area (Å²) in [6.07, 6.45) is 14.8. The summed E-state index contributed by atoms with van der Waals surface area (Å²) in [4.78, 5) is 1.90. The first-order valence-electron chi connectivity index (χ1n) is 10.9. The van der Waals surface area contributed by atoms with E-state index in [0.717, 1.165) is 24.2 Å². The van der Waals surface area contributed by atoms with Crippen molar-refractivity contribution in [3.63, 3.8) is 0 Å². The molecule has 3 heteroatoms. The molecule has 144 valence electrons. The molecule has 5 rings (SSSR count). The van der Waals surface area contributed by atoms with Gasteiger partial charge in [0, 0.05) is 17.7 Å². The van der Waals surface area contributed by atoms with Gasteiger partial charge in [0.15, 0.2) is 6.30 Å². The number of allylic oxidation sites excluding steroid dienone is 4. The third kappa shape index (κ3) is 2.19. The zero-order chi connectivity index (χ0) is 18.1. The van der Waals surface area contributed by atoms with Gasteiger partial charge >= 0.3 is 0 Å². The lowest BCUT2D eigenvalue weighted by molar-refractivity contribution is -0.0716. The van der Waals surface area contributed by atoms with E-state index in [1.165, 1.54) is 44.2 Å². The van der Waals surface area contributed by atoms with Crippen LogP contribution in [0.4, 0.5) is 4.39 Å². The lowest BCUT2D eigenvalue weighted by atomic mass is 9.46. The zero-order valence-electron chi connectivity index (χ0n) is 16.3. The first-order valence-corrected chi connectivity index (χ1v) is 10.9. The number of hydrogen-bond acceptors (Lipinski definition) is 2. The minimum Gasteiger partial charge on any atom is -0.388 e. The first kappa shape index (κ1) is 17.3. The van der Waals surface area contributed by atoms with Crippen molar-refractivity contribution in [3.8, 4) is 0 Å². The van der Waals surface area contributed by atoms with Crippen LogP contribution in [0.2, 0.25) is 0 Å². The largest absolute Gasteiger partial charge is 0.388 e. The summed E-state index contributed by atoms with van der Waals surface area (Å²) in [5.74, 6) is 3.11. The predicted molar refractivity (Wildman–Crippen MR) is 102 cm³/mol. The van der Waals surface area contributed by atoms with Crippen molar-refractivity contribution in [2.45, 2.75) is 77.6 Å². The number of fused-ring (bicyclic) bond motifs is 5. The fraction of sp³-hybridized carbons (Fsp3) is 0.826. The van der Waals surface area contributed by atoms with Crippen LogP contribution in [0.3, 0.4) is 0 Å². The molecule has 5 aliphatic rings. The average Bonchev–Trinajstić information content (AvgIpc) is 3.14. The Labute approximate surface area is 157 Å². The molecule has 0 spiro atoms. The van der Waals surface area contributed by atoms with Crippen LogP contribution < -0.4 is 0 Å². The number of alkyl halides is 1. The Balaban J connectivity index is 1.43. The van der Waals surface area contributed by atoms with Gasteiger partial charge in [0.05, 0.1) is 0 Å². The van der Waals surface area contributed by atoms with E-state index in [1.807, 2.05) is 4.90 Å². The minimum absolute atomic E-state index is 0.108. The van der Waals surface area contributed by atoms with Gasteiger partial charge in [-0.3, -0.25) is 0 Å². The number of rotatable bonds is 1. The summed E-state index contributed by atoms with van der Waals surface area (Å²) >= 11 is 0. The van der Waals surface area contributed by atoms with Gasteiger partial charge in [-0.2, -0.15) is 0 Å². The highest BCUT2D eigenvalue weighted by Gasteiger charge is 2.58. The molecule has 1 N–H and O–H groups in total. The molecular weight excluding hydrogens is 325 g/mol. The molecule has 0 amide bonds. The number of aliphatic hydroxyl groups is 1. The fourth-order valence-corrected chi connectivity index (χ4v) is 7.80. The van der Waals surface area contributed by atoms with E-state index < -0.39 is 12.4 Å². The number of halogens is 1.